The quantitative estimate of drug-likeness (QED) is 0.103. The number of hydrogen-bond donors (Lipinski definition) is 0. The van der Waals surface area contributed by atoms with Crippen molar-refractivity contribution in [2.75, 3.05) is 42.7 Å². The molecule has 6 aromatic rings. The summed E-state index contributed by atoms with van der Waals surface area (Å²) in [6, 6.07) is 26.7. The highest BCUT2D eigenvalue weighted by Crippen LogP contribution is 2.50. The van der Waals surface area contributed by atoms with Crippen LogP contribution >= 0.6 is 0 Å². The number of carbonyl (C=O) groups excluding carboxylic acids is 1. The smallest absolute Gasteiger partial charge is 0.200 e. The van der Waals surface area contributed by atoms with Gasteiger partial charge in [-0.25, -0.2) is 0 Å². The van der Waals surface area contributed by atoms with Crippen molar-refractivity contribution in [3.05, 3.63) is 118 Å². The van der Waals surface area contributed by atoms with E-state index in [2.05, 4.69) is 0 Å². The van der Waals surface area contributed by atoms with Crippen LogP contribution < -0.4 is 37.9 Å². The van der Waals surface area contributed by atoms with Gasteiger partial charge in [-0.05, 0) is 49.2 Å². The van der Waals surface area contributed by atoms with Crippen LogP contribution in [0.15, 0.2) is 84.9 Å². The van der Waals surface area contributed by atoms with Gasteiger partial charge >= 0.3 is 0 Å². The molecule has 268 valence electrons. The van der Waals surface area contributed by atoms with Crippen LogP contribution in [0.1, 0.15) is 38.2 Å². The number of ketones is 1. The highest BCUT2D eigenvalue weighted by molar-refractivity contribution is 6.20. The van der Waals surface area contributed by atoms with Crippen LogP contribution in [0.5, 0.6) is 46.0 Å². The van der Waals surface area contributed by atoms with Crippen LogP contribution in [0.2, 0.25) is 0 Å². The standard InChI is InChI=1S/C43H42O9/c1-25-33(45-3)19-29-35(47-5)21-31(42(49-7)37(29)40(25)51-23-27-15-11-9-12-16-27)39(44)32-22-36(48-6)30-20-34(46-4)26(2)41(38(30)43(32)50-8)52-24-28-17-13-10-14-18-28/h9-22H,23-24H2,1-8H3. The maximum Gasteiger partial charge on any atom is 0.200 e. The van der Waals surface area contributed by atoms with E-state index in [9.17, 15) is 0 Å². The van der Waals surface area contributed by atoms with Crippen molar-refractivity contribution in [1.29, 1.82) is 0 Å². The molecule has 0 bridgehead atoms. The normalized spacial score (nSPS) is 10.9. The Bertz CT molecular complexity index is 2090. The number of carbonyl (C=O) groups is 1. The lowest BCUT2D eigenvalue weighted by Crippen LogP contribution is -2.10. The molecule has 6 rings (SSSR count). The van der Waals surface area contributed by atoms with Crippen molar-refractivity contribution >= 4 is 27.3 Å². The molecule has 0 fully saturated rings. The Morgan fingerprint density at radius 2 is 0.827 bits per heavy atom. The minimum absolute atomic E-state index is 0.234. The van der Waals surface area contributed by atoms with E-state index >= 15 is 4.79 Å². The van der Waals surface area contributed by atoms with Crippen molar-refractivity contribution in [2.24, 2.45) is 0 Å². The summed E-state index contributed by atoms with van der Waals surface area (Å²) in [5, 5.41) is 2.45. The zero-order valence-electron chi connectivity index (χ0n) is 30.7. The summed E-state index contributed by atoms with van der Waals surface area (Å²) >= 11 is 0. The first-order chi connectivity index (χ1) is 25.3. The van der Waals surface area contributed by atoms with E-state index in [1.165, 1.54) is 14.2 Å². The van der Waals surface area contributed by atoms with Gasteiger partial charge in [0.25, 0.3) is 0 Å². The molecule has 0 aromatic heterocycles. The Kier molecular flexibility index (Phi) is 10.6. The van der Waals surface area contributed by atoms with Gasteiger partial charge in [0.2, 0.25) is 5.78 Å². The SMILES string of the molecule is COc1cc2c(OC)cc(C(=O)c3cc(OC)c4cc(OC)c(C)c(OCc5ccccc5)c4c3OC)c(OC)c2c(OCc2ccccc2)c1C. The summed E-state index contributed by atoms with van der Waals surface area (Å²) in [5.74, 6) is 3.30. The first-order valence-electron chi connectivity index (χ1n) is 16.7. The second kappa shape index (κ2) is 15.4. The van der Waals surface area contributed by atoms with Crippen molar-refractivity contribution in [2.45, 2.75) is 27.1 Å². The van der Waals surface area contributed by atoms with Crippen LogP contribution in [-0.4, -0.2) is 48.4 Å². The molecule has 9 heteroatoms. The number of methoxy groups -OCH3 is 6. The largest absolute Gasteiger partial charge is 0.496 e. The third kappa shape index (κ3) is 6.46. The molecule has 0 amide bonds. The third-order valence-electron chi connectivity index (χ3n) is 9.22. The fourth-order valence-electron chi connectivity index (χ4n) is 6.61. The molecule has 0 aliphatic carbocycles. The zero-order valence-corrected chi connectivity index (χ0v) is 30.7. The first kappa shape index (κ1) is 35.7. The van der Waals surface area contributed by atoms with Crippen LogP contribution in [0.25, 0.3) is 21.5 Å². The molecule has 0 N–H and O–H groups in total. The highest BCUT2D eigenvalue weighted by atomic mass is 16.5. The molecule has 0 saturated heterocycles. The van der Waals surface area contributed by atoms with Crippen molar-refractivity contribution < 1.29 is 42.7 Å². The molecule has 0 atom stereocenters. The van der Waals surface area contributed by atoms with Gasteiger partial charge in [0.1, 0.15) is 59.2 Å². The molecule has 0 heterocycles. The number of hydrogen-bond acceptors (Lipinski definition) is 9. The number of benzene rings is 6. The molecule has 0 radical (unpaired) electrons. The van der Waals surface area contributed by atoms with Crippen LogP contribution in [0.4, 0.5) is 0 Å². The fraction of sp³-hybridized carbons (Fsp3) is 0.233. The summed E-state index contributed by atoms with van der Waals surface area (Å²) in [5.41, 5.74) is 3.90. The van der Waals surface area contributed by atoms with Gasteiger partial charge in [-0.1, -0.05) is 60.7 Å². The van der Waals surface area contributed by atoms with Crippen LogP contribution in [0, 0.1) is 13.8 Å². The number of ether oxygens (including phenoxy) is 8. The summed E-state index contributed by atoms with van der Waals surface area (Å²) in [6.45, 7) is 4.36. The Morgan fingerprint density at radius 3 is 1.15 bits per heavy atom. The van der Waals surface area contributed by atoms with Gasteiger partial charge < -0.3 is 37.9 Å². The Hall–Kier alpha value is -6.09. The molecular formula is C43H42O9. The van der Waals surface area contributed by atoms with Gasteiger partial charge in [0.15, 0.2) is 0 Å². The van der Waals surface area contributed by atoms with Gasteiger partial charge in [-0.15, -0.1) is 0 Å². The van der Waals surface area contributed by atoms with Crippen LogP contribution in [-0.2, 0) is 13.2 Å². The Morgan fingerprint density at radius 1 is 0.462 bits per heavy atom. The molecule has 0 unspecified atom stereocenters. The van der Waals surface area contributed by atoms with Gasteiger partial charge in [-0.3, -0.25) is 4.79 Å². The van der Waals surface area contributed by atoms with Crippen molar-refractivity contribution in [3.63, 3.8) is 0 Å². The third-order valence-corrected chi connectivity index (χ3v) is 9.22. The summed E-state index contributed by atoms with van der Waals surface area (Å²) in [6.07, 6.45) is 0. The summed E-state index contributed by atoms with van der Waals surface area (Å²) < 4.78 is 48.5. The van der Waals surface area contributed by atoms with E-state index in [1.54, 1.807) is 40.6 Å². The van der Waals surface area contributed by atoms with Gasteiger partial charge in [0.05, 0.1) is 64.6 Å². The highest BCUT2D eigenvalue weighted by Gasteiger charge is 2.30. The molecule has 9 nitrogen and oxygen atoms in total. The van der Waals surface area contributed by atoms with Crippen LogP contribution in [0.3, 0.4) is 0 Å². The van der Waals surface area contributed by atoms with E-state index in [0.29, 0.717) is 67.5 Å². The van der Waals surface area contributed by atoms with E-state index in [4.69, 9.17) is 37.9 Å². The number of fused-ring (bicyclic) bond motifs is 2. The fourth-order valence-corrected chi connectivity index (χ4v) is 6.61. The molecule has 52 heavy (non-hydrogen) atoms. The van der Waals surface area contributed by atoms with Gasteiger partial charge in [-0.2, -0.15) is 0 Å². The van der Waals surface area contributed by atoms with E-state index < -0.39 is 0 Å². The Balaban J connectivity index is 1.60. The average molecular weight is 703 g/mol. The minimum Gasteiger partial charge on any atom is -0.496 e. The topological polar surface area (TPSA) is 90.9 Å². The maximum atomic E-state index is 15.0. The lowest BCUT2D eigenvalue weighted by Gasteiger charge is -2.22. The average Bonchev–Trinajstić information content (AvgIpc) is 3.18. The molecule has 6 aromatic carbocycles. The van der Waals surface area contributed by atoms with E-state index in [1.807, 2.05) is 86.6 Å². The summed E-state index contributed by atoms with van der Waals surface area (Å²) in [4.78, 5) is 15.0. The molecule has 0 spiro atoms. The summed E-state index contributed by atoms with van der Waals surface area (Å²) in [7, 11) is 9.37. The predicted molar refractivity (Wildman–Crippen MR) is 202 cm³/mol. The Labute approximate surface area is 303 Å². The first-order valence-corrected chi connectivity index (χ1v) is 16.7. The lowest BCUT2D eigenvalue weighted by atomic mass is 9.92. The molecule has 0 aliphatic heterocycles. The maximum absolute atomic E-state index is 15.0. The second-order valence-corrected chi connectivity index (χ2v) is 12.1. The lowest BCUT2D eigenvalue weighted by molar-refractivity contribution is 0.103. The number of rotatable bonds is 14. The van der Waals surface area contributed by atoms with E-state index in [-0.39, 0.29) is 30.1 Å². The predicted octanol–water partition coefficient (Wildman–Crippen LogP) is 9.05. The molecular weight excluding hydrogens is 660 g/mol. The zero-order chi connectivity index (χ0) is 36.9. The van der Waals surface area contributed by atoms with E-state index in [0.717, 1.165) is 22.3 Å². The monoisotopic (exact) mass is 702 g/mol. The van der Waals surface area contributed by atoms with Crippen molar-refractivity contribution in [1.82, 2.24) is 0 Å². The van der Waals surface area contributed by atoms with Crippen molar-refractivity contribution in [3.8, 4) is 46.0 Å². The minimum atomic E-state index is -0.390. The van der Waals surface area contributed by atoms with Gasteiger partial charge in [0, 0.05) is 21.9 Å². The molecule has 0 aliphatic rings. The second-order valence-electron chi connectivity index (χ2n) is 12.1. The molecule has 0 saturated carbocycles.